The Bertz CT molecular complexity index is 4350. The van der Waals surface area contributed by atoms with Gasteiger partial charge in [0.2, 0.25) is 0 Å². The molecule has 1 aliphatic carbocycles. The van der Waals surface area contributed by atoms with E-state index in [4.69, 9.17) is 20.7 Å². The number of aromatic nitrogens is 5. The van der Waals surface area contributed by atoms with Gasteiger partial charge < -0.3 is 14.9 Å². The largest absolute Gasteiger partial charge is 0.396 e. The SMILES string of the molecule is C/C=C\c1cc(-c2ccc3c(c2)c2cc4c(cc2n3-c2ccccc2)-c2cc3c(cc2C(C)C4C)c2cc(-c4cc5cccnc5c5ncccc45)ccc2n3-c2ccccc2)c2cccnc2c1N. The van der Waals surface area contributed by atoms with Crippen LogP contribution in [0.2, 0.25) is 0 Å². The fourth-order valence-electron chi connectivity index (χ4n) is 11.8. The maximum Gasteiger partial charge on any atom is 0.0970 e. The minimum absolute atomic E-state index is 0.265. The first kappa shape index (κ1) is 40.2. The summed E-state index contributed by atoms with van der Waals surface area (Å²) in [5, 5.41) is 8.16. The van der Waals surface area contributed by atoms with Gasteiger partial charge in [0, 0.05) is 67.7 Å². The Hall–Kier alpha value is -8.87. The number of fused-ring (bicyclic) bond motifs is 13. The van der Waals surface area contributed by atoms with Crippen LogP contribution in [-0.2, 0) is 0 Å². The average Bonchev–Trinajstić information content (AvgIpc) is 3.91. The summed E-state index contributed by atoms with van der Waals surface area (Å²) < 4.78 is 4.91. The van der Waals surface area contributed by atoms with Gasteiger partial charge in [0.15, 0.2) is 0 Å². The van der Waals surface area contributed by atoms with E-state index < -0.39 is 0 Å². The molecule has 0 radical (unpaired) electrons. The molecule has 0 bridgehead atoms. The Morgan fingerprint density at radius 1 is 0.429 bits per heavy atom. The second kappa shape index (κ2) is 15.3. The summed E-state index contributed by atoms with van der Waals surface area (Å²) in [6.45, 7) is 6.86. The topological polar surface area (TPSA) is 74.5 Å². The number of rotatable bonds is 5. The Labute approximate surface area is 404 Å². The minimum atomic E-state index is 0.265. The fraction of sp³-hybridized carbons (Fsp3) is 0.0781. The third kappa shape index (κ3) is 5.83. The van der Waals surface area contributed by atoms with Gasteiger partial charge >= 0.3 is 0 Å². The Morgan fingerprint density at radius 3 is 1.47 bits per heavy atom. The Morgan fingerprint density at radius 2 is 0.914 bits per heavy atom. The summed E-state index contributed by atoms with van der Waals surface area (Å²) in [5.74, 6) is 0.531. The molecule has 0 spiro atoms. The molecule has 8 aromatic carbocycles. The van der Waals surface area contributed by atoms with Crippen LogP contribution in [0.25, 0.3) is 127 Å². The number of nitrogens with zero attached hydrogens (tertiary/aromatic N) is 5. The zero-order valence-electron chi connectivity index (χ0n) is 39.0. The molecule has 332 valence electrons. The number of benzene rings is 8. The van der Waals surface area contributed by atoms with Gasteiger partial charge in [-0.3, -0.25) is 15.0 Å². The smallest absolute Gasteiger partial charge is 0.0970 e. The zero-order chi connectivity index (χ0) is 46.8. The zero-order valence-corrected chi connectivity index (χ0v) is 39.0. The number of hydrogen-bond acceptors (Lipinski definition) is 4. The Kier molecular flexibility index (Phi) is 8.80. The van der Waals surface area contributed by atoms with Crippen LogP contribution in [0.1, 0.15) is 49.3 Å². The fourth-order valence-corrected chi connectivity index (χ4v) is 11.8. The Balaban J connectivity index is 1.02. The second-order valence-corrected chi connectivity index (χ2v) is 19.0. The first-order chi connectivity index (χ1) is 34.4. The van der Waals surface area contributed by atoms with Gasteiger partial charge in [-0.05, 0) is 172 Å². The van der Waals surface area contributed by atoms with Crippen molar-refractivity contribution in [3.05, 3.63) is 211 Å². The van der Waals surface area contributed by atoms with E-state index in [1.807, 2.05) is 49.8 Å². The van der Waals surface area contributed by atoms with Crippen molar-refractivity contribution < 1.29 is 0 Å². The highest BCUT2D eigenvalue weighted by molar-refractivity contribution is 6.17. The van der Waals surface area contributed by atoms with E-state index in [1.54, 1.807) is 0 Å². The van der Waals surface area contributed by atoms with Crippen molar-refractivity contribution in [2.45, 2.75) is 32.6 Å². The lowest BCUT2D eigenvalue weighted by molar-refractivity contribution is 0.617. The van der Waals surface area contributed by atoms with Crippen molar-refractivity contribution >= 4 is 88.1 Å². The van der Waals surface area contributed by atoms with E-state index >= 15 is 0 Å². The molecular formula is C64H46N6. The highest BCUT2D eigenvalue weighted by Crippen LogP contribution is 2.52. The molecule has 0 saturated heterocycles. The van der Waals surface area contributed by atoms with E-state index in [-0.39, 0.29) is 11.8 Å². The lowest BCUT2D eigenvalue weighted by atomic mass is 9.72. The van der Waals surface area contributed by atoms with Crippen LogP contribution in [0.3, 0.4) is 0 Å². The summed E-state index contributed by atoms with van der Waals surface area (Å²) >= 11 is 0. The van der Waals surface area contributed by atoms with E-state index in [0.717, 1.165) is 71.9 Å². The number of hydrogen-bond donors (Lipinski definition) is 1. The van der Waals surface area contributed by atoms with E-state index in [9.17, 15) is 0 Å². The number of nitrogen functional groups attached to an aromatic ring is 1. The lowest BCUT2D eigenvalue weighted by Crippen LogP contribution is -2.13. The summed E-state index contributed by atoms with van der Waals surface area (Å²) in [6, 6.07) is 62.5. The summed E-state index contributed by atoms with van der Waals surface area (Å²) in [5.41, 5.74) is 28.0. The molecule has 5 heterocycles. The predicted molar refractivity (Wildman–Crippen MR) is 293 cm³/mol. The van der Waals surface area contributed by atoms with Gasteiger partial charge in [0.25, 0.3) is 0 Å². The van der Waals surface area contributed by atoms with Crippen molar-refractivity contribution in [2.24, 2.45) is 0 Å². The second-order valence-electron chi connectivity index (χ2n) is 19.0. The molecule has 2 unspecified atom stereocenters. The van der Waals surface area contributed by atoms with Crippen LogP contribution in [0.15, 0.2) is 195 Å². The molecule has 0 fully saturated rings. The third-order valence-electron chi connectivity index (χ3n) is 15.3. The van der Waals surface area contributed by atoms with Gasteiger partial charge in [0.1, 0.15) is 0 Å². The molecule has 0 aliphatic heterocycles. The van der Waals surface area contributed by atoms with Crippen molar-refractivity contribution in [2.75, 3.05) is 5.73 Å². The van der Waals surface area contributed by atoms with E-state index in [2.05, 4.69) is 181 Å². The number of pyridine rings is 3. The monoisotopic (exact) mass is 898 g/mol. The molecule has 6 heteroatoms. The van der Waals surface area contributed by atoms with Crippen LogP contribution in [0, 0.1) is 0 Å². The summed E-state index contributed by atoms with van der Waals surface area (Å²) in [4.78, 5) is 14.4. The van der Waals surface area contributed by atoms with Gasteiger partial charge in [-0.1, -0.05) is 92.7 Å². The van der Waals surface area contributed by atoms with Crippen LogP contribution >= 0.6 is 0 Å². The molecule has 6 nitrogen and oxygen atoms in total. The quantitative estimate of drug-likeness (QED) is 0.138. The third-order valence-corrected chi connectivity index (χ3v) is 15.3. The maximum atomic E-state index is 6.73. The molecule has 2 atom stereocenters. The van der Waals surface area contributed by atoms with Crippen LogP contribution < -0.4 is 5.73 Å². The molecule has 70 heavy (non-hydrogen) atoms. The van der Waals surface area contributed by atoms with Crippen molar-refractivity contribution in [1.82, 2.24) is 24.1 Å². The van der Waals surface area contributed by atoms with Crippen molar-refractivity contribution in [3.8, 4) is 44.8 Å². The molecule has 14 rings (SSSR count). The minimum Gasteiger partial charge on any atom is -0.396 e. The average molecular weight is 899 g/mol. The number of para-hydroxylation sites is 2. The van der Waals surface area contributed by atoms with Crippen LogP contribution in [0.5, 0.6) is 0 Å². The normalized spacial score (nSPS) is 14.8. The van der Waals surface area contributed by atoms with Crippen molar-refractivity contribution in [1.29, 1.82) is 0 Å². The molecule has 2 N–H and O–H groups in total. The number of anilines is 1. The maximum absolute atomic E-state index is 6.73. The first-order valence-corrected chi connectivity index (χ1v) is 24.2. The predicted octanol–water partition coefficient (Wildman–Crippen LogP) is 16.4. The molecule has 13 aromatic rings. The van der Waals surface area contributed by atoms with Crippen LogP contribution in [0.4, 0.5) is 5.69 Å². The summed E-state index contributed by atoms with van der Waals surface area (Å²) in [6.07, 6.45) is 9.67. The molecule has 0 amide bonds. The highest BCUT2D eigenvalue weighted by atomic mass is 15.0. The van der Waals surface area contributed by atoms with E-state index in [0.29, 0.717) is 5.69 Å². The molecule has 5 aromatic heterocycles. The highest BCUT2D eigenvalue weighted by Gasteiger charge is 2.32. The molecule has 0 saturated carbocycles. The van der Waals surface area contributed by atoms with Gasteiger partial charge in [-0.25, -0.2) is 0 Å². The van der Waals surface area contributed by atoms with Crippen LogP contribution in [-0.4, -0.2) is 24.1 Å². The summed E-state index contributed by atoms with van der Waals surface area (Å²) in [7, 11) is 0. The molecule has 1 aliphatic rings. The molecular weight excluding hydrogens is 853 g/mol. The number of allylic oxidation sites excluding steroid dienone is 1. The lowest BCUT2D eigenvalue weighted by Gasteiger charge is -2.32. The van der Waals surface area contributed by atoms with E-state index in [1.165, 1.54) is 65.9 Å². The standard InChI is InChI=1S/C64H46N6/c1-4-14-41-31-49(45-20-12-27-67-63(45)61(41)65)39-22-24-57-53(29-39)55-33-47-37(2)38(3)48-34-56-54-30-40(50-32-42-15-11-26-66-62(42)64-46(50)21-13-28-68-64)23-25-58(54)70(44-18-9-6-10-19-44)60(56)36-52(48)51(47)35-59(55)69(57)43-16-7-5-8-17-43/h4-38H,65H2,1-3H3/b14-4-. The number of nitrogens with two attached hydrogens (primary N) is 1. The van der Waals surface area contributed by atoms with Gasteiger partial charge in [-0.15, -0.1) is 0 Å². The van der Waals surface area contributed by atoms with Gasteiger partial charge in [-0.2, -0.15) is 0 Å². The van der Waals surface area contributed by atoms with Gasteiger partial charge in [0.05, 0.1) is 44.3 Å². The van der Waals surface area contributed by atoms with Crippen molar-refractivity contribution in [3.63, 3.8) is 0 Å². The first-order valence-electron chi connectivity index (χ1n) is 24.2.